The second-order valence-electron chi connectivity index (χ2n) is 6.81. The van der Waals surface area contributed by atoms with Crippen molar-refractivity contribution in [2.24, 2.45) is 4.99 Å². The molecule has 9 heteroatoms. The molecule has 0 radical (unpaired) electrons. The molecule has 0 amide bonds. The quantitative estimate of drug-likeness (QED) is 0.434. The molecule has 0 fully saturated rings. The van der Waals surface area contributed by atoms with E-state index < -0.39 is 12.8 Å². The summed E-state index contributed by atoms with van der Waals surface area (Å²) in [4.78, 5) is 4.18. The minimum atomic E-state index is -4.32. The van der Waals surface area contributed by atoms with Gasteiger partial charge in [-0.05, 0) is 30.2 Å². The molecule has 1 unspecified atom stereocenters. The number of halogens is 3. The highest BCUT2D eigenvalue weighted by molar-refractivity contribution is 5.79. The molecule has 170 valence electrons. The number of nitrogens with zero attached hydrogens (tertiary/aromatic N) is 1. The fourth-order valence-corrected chi connectivity index (χ4v) is 2.66. The van der Waals surface area contributed by atoms with Crippen molar-refractivity contribution in [2.45, 2.75) is 32.4 Å². The summed E-state index contributed by atoms with van der Waals surface area (Å²) >= 11 is 0. The topological polar surface area (TPSA) is 64.1 Å². The van der Waals surface area contributed by atoms with Crippen LogP contribution in [0.25, 0.3) is 0 Å². The van der Waals surface area contributed by atoms with E-state index in [1.54, 1.807) is 26.3 Å². The summed E-state index contributed by atoms with van der Waals surface area (Å²) in [5, 5.41) is 6.39. The van der Waals surface area contributed by atoms with Crippen LogP contribution < -0.4 is 20.1 Å². The summed E-state index contributed by atoms with van der Waals surface area (Å²) in [7, 11) is 3.27. The van der Waals surface area contributed by atoms with E-state index in [2.05, 4.69) is 20.4 Å². The van der Waals surface area contributed by atoms with Gasteiger partial charge in [0.05, 0.1) is 20.3 Å². The first-order chi connectivity index (χ1) is 14.8. The molecule has 0 aromatic heterocycles. The second kappa shape index (κ2) is 12.0. The monoisotopic (exact) mass is 439 g/mol. The van der Waals surface area contributed by atoms with E-state index in [1.807, 2.05) is 43.3 Å². The zero-order chi connectivity index (χ0) is 22.7. The minimum Gasteiger partial charge on any atom is -0.493 e. The smallest absolute Gasteiger partial charge is 0.411 e. The van der Waals surface area contributed by atoms with Gasteiger partial charge in [0, 0.05) is 13.6 Å². The van der Waals surface area contributed by atoms with Gasteiger partial charge in [-0.15, -0.1) is 0 Å². The number of alkyl halides is 3. The lowest BCUT2D eigenvalue weighted by Gasteiger charge is -2.19. The highest BCUT2D eigenvalue weighted by Crippen LogP contribution is 2.26. The molecule has 2 aromatic rings. The summed E-state index contributed by atoms with van der Waals surface area (Å²) in [5.41, 5.74) is 1.64. The zero-order valence-electron chi connectivity index (χ0n) is 17.8. The molecule has 0 aliphatic carbocycles. The van der Waals surface area contributed by atoms with Crippen LogP contribution in [0.15, 0.2) is 53.5 Å². The molecule has 0 bridgehead atoms. The Morgan fingerprint density at radius 2 is 1.65 bits per heavy atom. The first-order valence-electron chi connectivity index (χ1n) is 9.77. The fourth-order valence-electron chi connectivity index (χ4n) is 2.66. The molecule has 6 nitrogen and oxygen atoms in total. The van der Waals surface area contributed by atoms with Gasteiger partial charge in [0.15, 0.2) is 17.5 Å². The Hall–Kier alpha value is -2.94. The Labute approximate surface area is 180 Å². The van der Waals surface area contributed by atoms with Gasteiger partial charge in [-0.25, -0.2) is 0 Å². The third-order valence-corrected chi connectivity index (χ3v) is 4.20. The van der Waals surface area contributed by atoms with Gasteiger partial charge >= 0.3 is 6.18 Å². The van der Waals surface area contributed by atoms with Crippen molar-refractivity contribution >= 4 is 5.96 Å². The lowest BCUT2D eigenvalue weighted by Crippen LogP contribution is -2.41. The third kappa shape index (κ3) is 9.17. The Kier molecular flexibility index (Phi) is 9.45. The van der Waals surface area contributed by atoms with Crippen molar-refractivity contribution < 1.29 is 27.4 Å². The van der Waals surface area contributed by atoms with Crippen LogP contribution in [0.2, 0.25) is 0 Å². The van der Waals surface area contributed by atoms with E-state index in [-0.39, 0.29) is 12.7 Å². The van der Waals surface area contributed by atoms with Gasteiger partial charge < -0.3 is 24.8 Å². The maximum absolute atomic E-state index is 12.1. The molecular formula is C22H28F3N3O3. The molecule has 0 aliphatic heterocycles. The van der Waals surface area contributed by atoms with Crippen molar-refractivity contribution in [3.05, 3.63) is 59.7 Å². The summed E-state index contributed by atoms with van der Waals surface area (Å²) in [6.07, 6.45) is -4.45. The fraction of sp³-hybridized carbons (Fsp3) is 0.409. The molecule has 2 aromatic carbocycles. The summed E-state index contributed by atoms with van der Waals surface area (Å²) in [5.74, 6) is 1.94. The summed E-state index contributed by atoms with van der Waals surface area (Å²) in [6.45, 7) is 1.63. The van der Waals surface area contributed by atoms with Gasteiger partial charge in [0.25, 0.3) is 0 Å². The average molecular weight is 439 g/mol. The molecule has 2 rings (SSSR count). The van der Waals surface area contributed by atoms with Crippen molar-refractivity contribution in [1.29, 1.82) is 0 Å². The van der Waals surface area contributed by atoms with Crippen molar-refractivity contribution in [3.8, 4) is 11.5 Å². The van der Waals surface area contributed by atoms with Crippen molar-refractivity contribution in [3.63, 3.8) is 0 Å². The molecule has 0 spiro atoms. The maximum atomic E-state index is 12.1. The Balaban J connectivity index is 1.75. The van der Waals surface area contributed by atoms with Crippen LogP contribution in [-0.2, 0) is 17.9 Å². The lowest BCUT2D eigenvalue weighted by atomic mass is 10.1. The number of benzene rings is 2. The number of methoxy groups -OCH3 is 1. The molecule has 1 atom stereocenters. The Morgan fingerprint density at radius 1 is 1.00 bits per heavy atom. The molecule has 0 saturated carbocycles. The highest BCUT2D eigenvalue weighted by atomic mass is 19.4. The van der Waals surface area contributed by atoms with Gasteiger partial charge in [-0.1, -0.05) is 36.4 Å². The SMILES string of the molecule is CN=C(NCc1ccc(COCC(F)(F)F)cc1)NCC(C)Oc1ccccc1OC. The third-order valence-electron chi connectivity index (χ3n) is 4.20. The molecule has 0 saturated heterocycles. The van der Waals surface area contributed by atoms with Crippen LogP contribution in [0, 0.1) is 0 Å². The van der Waals surface area contributed by atoms with E-state index in [4.69, 9.17) is 9.47 Å². The molecule has 31 heavy (non-hydrogen) atoms. The number of guanidine groups is 1. The van der Waals surface area contributed by atoms with Crippen molar-refractivity contribution in [2.75, 3.05) is 27.3 Å². The van der Waals surface area contributed by atoms with Gasteiger partial charge in [-0.3, -0.25) is 4.99 Å². The molecule has 0 aliphatic rings. The highest BCUT2D eigenvalue weighted by Gasteiger charge is 2.27. The first-order valence-corrected chi connectivity index (χ1v) is 9.77. The predicted octanol–water partition coefficient (Wildman–Crippen LogP) is 3.91. The van der Waals surface area contributed by atoms with Crippen LogP contribution >= 0.6 is 0 Å². The number of para-hydroxylation sites is 2. The van der Waals surface area contributed by atoms with Crippen LogP contribution in [0.4, 0.5) is 13.2 Å². The number of hydrogen-bond acceptors (Lipinski definition) is 4. The van der Waals surface area contributed by atoms with E-state index in [0.29, 0.717) is 36.1 Å². The average Bonchev–Trinajstić information content (AvgIpc) is 2.74. The van der Waals surface area contributed by atoms with E-state index in [9.17, 15) is 13.2 Å². The number of aliphatic imine (C=N–C) groups is 1. The molecule has 2 N–H and O–H groups in total. The Bertz CT molecular complexity index is 827. The van der Waals surface area contributed by atoms with Crippen molar-refractivity contribution in [1.82, 2.24) is 10.6 Å². The zero-order valence-corrected chi connectivity index (χ0v) is 17.8. The van der Waals surface area contributed by atoms with Crippen LogP contribution in [-0.4, -0.2) is 45.5 Å². The minimum absolute atomic E-state index is 0.0828. The van der Waals surface area contributed by atoms with Gasteiger partial charge in [-0.2, -0.15) is 13.2 Å². The largest absolute Gasteiger partial charge is 0.493 e. The number of ether oxygens (including phenoxy) is 3. The maximum Gasteiger partial charge on any atom is 0.411 e. The normalized spacial score (nSPS) is 12.9. The molecule has 0 heterocycles. The van der Waals surface area contributed by atoms with Gasteiger partial charge in [0.2, 0.25) is 0 Å². The van der Waals surface area contributed by atoms with E-state index in [0.717, 1.165) is 5.56 Å². The van der Waals surface area contributed by atoms with Gasteiger partial charge in [0.1, 0.15) is 12.7 Å². The van der Waals surface area contributed by atoms with Crippen LogP contribution in [0.1, 0.15) is 18.1 Å². The van der Waals surface area contributed by atoms with Crippen LogP contribution in [0.5, 0.6) is 11.5 Å². The lowest BCUT2D eigenvalue weighted by molar-refractivity contribution is -0.176. The summed E-state index contributed by atoms with van der Waals surface area (Å²) in [6, 6.07) is 14.6. The first kappa shape index (κ1) is 24.3. The Morgan fingerprint density at radius 3 is 2.26 bits per heavy atom. The number of rotatable bonds is 10. The summed E-state index contributed by atoms with van der Waals surface area (Å²) < 4.78 is 52.2. The van der Waals surface area contributed by atoms with E-state index in [1.165, 1.54) is 0 Å². The number of hydrogen-bond donors (Lipinski definition) is 2. The molecular weight excluding hydrogens is 411 g/mol. The second-order valence-corrected chi connectivity index (χ2v) is 6.81. The predicted molar refractivity (Wildman–Crippen MR) is 113 cm³/mol. The number of nitrogens with one attached hydrogen (secondary N) is 2. The standard InChI is InChI=1S/C22H28F3N3O3/c1-16(31-20-7-5-4-6-19(20)29-3)12-27-21(26-2)28-13-17-8-10-18(11-9-17)14-30-15-22(23,24)25/h4-11,16H,12-15H2,1-3H3,(H2,26,27,28). The van der Waals surface area contributed by atoms with E-state index >= 15 is 0 Å². The van der Waals surface area contributed by atoms with Crippen LogP contribution in [0.3, 0.4) is 0 Å².